The highest BCUT2D eigenvalue weighted by Gasteiger charge is 2.33. The third-order valence-electron chi connectivity index (χ3n) is 3.05. The highest BCUT2D eigenvalue weighted by atomic mass is 79.9. The van der Waals surface area contributed by atoms with Crippen LogP contribution >= 0.6 is 27.5 Å². The largest absolute Gasteiger partial charge is 0.417 e. The van der Waals surface area contributed by atoms with Crippen molar-refractivity contribution in [1.29, 1.82) is 0 Å². The van der Waals surface area contributed by atoms with Crippen molar-refractivity contribution < 1.29 is 18.3 Å². The summed E-state index contributed by atoms with van der Waals surface area (Å²) in [5.74, 6) is 0. The normalized spacial score (nSPS) is 13.2. The summed E-state index contributed by atoms with van der Waals surface area (Å²) < 4.78 is 38.5. The summed E-state index contributed by atoms with van der Waals surface area (Å²) in [7, 11) is 0. The van der Waals surface area contributed by atoms with Crippen molar-refractivity contribution in [1.82, 2.24) is 0 Å². The van der Waals surface area contributed by atoms with Crippen LogP contribution in [-0.2, 0) is 12.6 Å². The molecule has 1 atom stereocenters. The lowest BCUT2D eigenvalue weighted by Crippen LogP contribution is -2.09. The molecule has 0 aliphatic rings. The van der Waals surface area contributed by atoms with Gasteiger partial charge in [-0.1, -0.05) is 51.8 Å². The van der Waals surface area contributed by atoms with E-state index in [1.54, 1.807) is 24.3 Å². The monoisotopic (exact) mass is 378 g/mol. The lowest BCUT2D eigenvalue weighted by molar-refractivity contribution is -0.138. The van der Waals surface area contributed by atoms with E-state index in [1.165, 1.54) is 12.1 Å². The van der Waals surface area contributed by atoms with Gasteiger partial charge in [-0.25, -0.2) is 0 Å². The Morgan fingerprint density at radius 1 is 1.14 bits per heavy atom. The predicted molar refractivity (Wildman–Crippen MR) is 79.3 cm³/mol. The van der Waals surface area contributed by atoms with Crippen molar-refractivity contribution in [3.8, 4) is 0 Å². The number of aliphatic hydroxyl groups excluding tert-OH is 1. The SMILES string of the molecule is OC(Cc1ccccc1Cl)c1ccc(Br)c(C(F)(F)F)c1. The quantitative estimate of drug-likeness (QED) is 0.757. The van der Waals surface area contributed by atoms with Gasteiger partial charge in [0.1, 0.15) is 0 Å². The molecule has 0 spiro atoms. The number of hydrogen-bond donors (Lipinski definition) is 1. The Morgan fingerprint density at radius 2 is 1.81 bits per heavy atom. The van der Waals surface area contributed by atoms with Crippen LogP contribution in [0, 0.1) is 0 Å². The fourth-order valence-corrected chi connectivity index (χ4v) is 2.64. The van der Waals surface area contributed by atoms with Gasteiger partial charge in [0, 0.05) is 15.9 Å². The molecule has 0 aliphatic carbocycles. The molecule has 0 saturated carbocycles. The summed E-state index contributed by atoms with van der Waals surface area (Å²) in [6, 6.07) is 10.6. The Balaban J connectivity index is 2.28. The first-order valence-corrected chi connectivity index (χ1v) is 7.24. The predicted octanol–water partition coefficient (Wildman–Crippen LogP) is 5.40. The molecule has 0 amide bonds. The zero-order chi connectivity index (χ0) is 15.6. The minimum Gasteiger partial charge on any atom is -0.388 e. The van der Waals surface area contributed by atoms with Gasteiger partial charge in [0.05, 0.1) is 11.7 Å². The van der Waals surface area contributed by atoms with Gasteiger partial charge in [0.15, 0.2) is 0 Å². The molecule has 2 aromatic carbocycles. The van der Waals surface area contributed by atoms with Crippen molar-refractivity contribution >= 4 is 27.5 Å². The maximum Gasteiger partial charge on any atom is 0.417 e. The molecule has 1 unspecified atom stereocenters. The van der Waals surface area contributed by atoms with E-state index in [2.05, 4.69) is 15.9 Å². The average Bonchev–Trinajstić information content (AvgIpc) is 2.40. The molecule has 21 heavy (non-hydrogen) atoms. The lowest BCUT2D eigenvalue weighted by atomic mass is 9.99. The Labute approximate surface area is 133 Å². The Kier molecular flexibility index (Phi) is 4.96. The van der Waals surface area contributed by atoms with Crippen molar-refractivity contribution in [3.63, 3.8) is 0 Å². The van der Waals surface area contributed by atoms with E-state index in [0.29, 0.717) is 10.6 Å². The van der Waals surface area contributed by atoms with Crippen LogP contribution in [0.1, 0.15) is 22.8 Å². The van der Waals surface area contributed by atoms with Crippen LogP contribution in [0.5, 0.6) is 0 Å². The van der Waals surface area contributed by atoms with Crippen molar-refractivity contribution in [2.24, 2.45) is 0 Å². The zero-order valence-corrected chi connectivity index (χ0v) is 13.0. The second-order valence-corrected chi connectivity index (χ2v) is 5.81. The first-order chi connectivity index (χ1) is 9.79. The number of alkyl halides is 3. The van der Waals surface area contributed by atoms with Crippen LogP contribution in [0.3, 0.4) is 0 Å². The summed E-state index contributed by atoms with van der Waals surface area (Å²) in [6.07, 6.45) is -5.38. The topological polar surface area (TPSA) is 20.2 Å². The summed E-state index contributed by atoms with van der Waals surface area (Å²) >= 11 is 8.86. The minimum absolute atomic E-state index is 0.0521. The number of benzene rings is 2. The number of aliphatic hydroxyl groups is 1. The molecule has 1 nitrogen and oxygen atoms in total. The zero-order valence-electron chi connectivity index (χ0n) is 10.7. The summed E-state index contributed by atoms with van der Waals surface area (Å²) in [5.41, 5.74) is 0.0757. The van der Waals surface area contributed by atoms with Gasteiger partial charge in [-0.15, -0.1) is 0 Å². The van der Waals surface area contributed by atoms with E-state index < -0.39 is 17.8 Å². The third-order valence-corrected chi connectivity index (χ3v) is 4.11. The van der Waals surface area contributed by atoms with E-state index in [4.69, 9.17) is 11.6 Å². The molecule has 0 aromatic heterocycles. The van der Waals surface area contributed by atoms with Gasteiger partial charge in [0.2, 0.25) is 0 Å². The van der Waals surface area contributed by atoms with Crippen LogP contribution < -0.4 is 0 Å². The maximum absolute atomic E-state index is 12.9. The van der Waals surface area contributed by atoms with E-state index in [9.17, 15) is 18.3 Å². The Morgan fingerprint density at radius 3 is 2.43 bits per heavy atom. The molecule has 0 fully saturated rings. The summed E-state index contributed by atoms with van der Waals surface area (Å²) in [5, 5.41) is 10.6. The van der Waals surface area contributed by atoms with Crippen LogP contribution in [0.4, 0.5) is 13.2 Å². The summed E-state index contributed by atoms with van der Waals surface area (Å²) in [6.45, 7) is 0. The highest BCUT2D eigenvalue weighted by Crippen LogP contribution is 2.36. The molecule has 0 aliphatic heterocycles. The molecule has 2 aromatic rings. The van der Waals surface area contributed by atoms with Gasteiger partial charge < -0.3 is 5.11 Å². The molecule has 6 heteroatoms. The van der Waals surface area contributed by atoms with Gasteiger partial charge in [-0.2, -0.15) is 13.2 Å². The van der Waals surface area contributed by atoms with Crippen LogP contribution in [0.25, 0.3) is 0 Å². The van der Waals surface area contributed by atoms with Crippen LogP contribution in [-0.4, -0.2) is 5.11 Å². The summed E-state index contributed by atoms with van der Waals surface area (Å²) in [4.78, 5) is 0. The van der Waals surface area contributed by atoms with Crippen molar-refractivity contribution in [3.05, 3.63) is 68.7 Å². The van der Waals surface area contributed by atoms with E-state index in [-0.39, 0.29) is 16.5 Å². The molecule has 0 bridgehead atoms. The van der Waals surface area contributed by atoms with Gasteiger partial charge in [0.25, 0.3) is 0 Å². The third kappa shape index (κ3) is 3.99. The van der Waals surface area contributed by atoms with Gasteiger partial charge in [-0.05, 0) is 29.3 Å². The van der Waals surface area contributed by atoms with Gasteiger partial charge in [-0.3, -0.25) is 0 Å². The fourth-order valence-electron chi connectivity index (χ4n) is 1.96. The first-order valence-electron chi connectivity index (χ1n) is 6.07. The second-order valence-electron chi connectivity index (χ2n) is 4.55. The smallest absolute Gasteiger partial charge is 0.388 e. The number of hydrogen-bond acceptors (Lipinski definition) is 1. The van der Waals surface area contributed by atoms with E-state index >= 15 is 0 Å². The highest BCUT2D eigenvalue weighted by molar-refractivity contribution is 9.10. The van der Waals surface area contributed by atoms with E-state index in [0.717, 1.165) is 6.07 Å². The standard InChI is InChI=1S/C15H11BrClF3O/c16-12-6-5-10(7-11(12)15(18,19)20)14(21)8-9-3-1-2-4-13(9)17/h1-7,14,21H,8H2. The molecular formula is C15H11BrClF3O. The van der Waals surface area contributed by atoms with Crippen molar-refractivity contribution in [2.75, 3.05) is 0 Å². The number of halogens is 5. The molecule has 1 N–H and O–H groups in total. The average molecular weight is 380 g/mol. The fraction of sp³-hybridized carbons (Fsp3) is 0.200. The van der Waals surface area contributed by atoms with Crippen LogP contribution in [0.15, 0.2) is 46.9 Å². The molecule has 0 heterocycles. The van der Waals surface area contributed by atoms with Crippen molar-refractivity contribution in [2.45, 2.75) is 18.7 Å². The molecular weight excluding hydrogens is 369 g/mol. The lowest BCUT2D eigenvalue weighted by Gasteiger charge is -2.15. The Bertz CT molecular complexity index is 643. The van der Waals surface area contributed by atoms with E-state index in [1.807, 2.05) is 0 Å². The first kappa shape index (κ1) is 16.3. The number of rotatable bonds is 3. The molecule has 2 rings (SSSR count). The molecule has 0 radical (unpaired) electrons. The second kappa shape index (κ2) is 6.38. The van der Waals surface area contributed by atoms with Crippen LogP contribution in [0.2, 0.25) is 5.02 Å². The Hall–Kier alpha value is -1.04. The molecule has 0 saturated heterocycles. The minimum atomic E-state index is -4.47. The molecule has 112 valence electrons. The van der Waals surface area contributed by atoms with Gasteiger partial charge >= 0.3 is 6.18 Å². The maximum atomic E-state index is 12.9.